The molecular formula is C20H18FN3O3. The van der Waals surface area contributed by atoms with Crippen molar-refractivity contribution in [2.75, 3.05) is 11.9 Å². The summed E-state index contributed by atoms with van der Waals surface area (Å²) in [6.45, 7) is 1.83. The van der Waals surface area contributed by atoms with Gasteiger partial charge in [-0.15, -0.1) is 0 Å². The zero-order valence-electron chi connectivity index (χ0n) is 14.7. The Hall–Kier alpha value is -3.35. The van der Waals surface area contributed by atoms with E-state index < -0.39 is 0 Å². The van der Waals surface area contributed by atoms with Gasteiger partial charge in [-0.2, -0.15) is 5.10 Å². The molecule has 2 aromatic heterocycles. The highest BCUT2D eigenvalue weighted by Crippen LogP contribution is 2.33. The molecule has 0 radical (unpaired) electrons. The fourth-order valence-corrected chi connectivity index (χ4v) is 3.07. The van der Waals surface area contributed by atoms with Gasteiger partial charge in [-0.25, -0.2) is 9.40 Å². The van der Waals surface area contributed by atoms with Gasteiger partial charge in [0.15, 0.2) is 0 Å². The smallest absolute Gasteiger partial charge is 0.262 e. The van der Waals surface area contributed by atoms with Crippen molar-refractivity contribution in [1.29, 1.82) is 0 Å². The normalized spacial score (nSPS) is 16.4. The van der Waals surface area contributed by atoms with Gasteiger partial charge in [0.25, 0.3) is 5.91 Å². The molecule has 3 heterocycles. The second kappa shape index (κ2) is 7.11. The second-order valence-electron chi connectivity index (χ2n) is 6.31. The lowest BCUT2D eigenvalue weighted by molar-refractivity contribution is -0.131. The maximum absolute atomic E-state index is 13.4. The second-order valence-corrected chi connectivity index (χ2v) is 6.31. The van der Waals surface area contributed by atoms with Gasteiger partial charge in [-0.3, -0.25) is 4.79 Å². The fourth-order valence-electron chi connectivity index (χ4n) is 3.07. The number of anilines is 1. The number of nitrogens with one attached hydrogen (secondary N) is 1. The molecule has 1 amide bonds. The summed E-state index contributed by atoms with van der Waals surface area (Å²) in [7, 11) is 0. The molecule has 1 N–H and O–H groups in total. The maximum Gasteiger partial charge on any atom is 0.262 e. The molecule has 0 spiro atoms. The highest BCUT2D eigenvalue weighted by Gasteiger charge is 2.35. The van der Waals surface area contributed by atoms with Crippen LogP contribution in [-0.2, 0) is 4.79 Å². The van der Waals surface area contributed by atoms with Crippen LogP contribution < -0.4 is 5.32 Å². The molecule has 7 heteroatoms. The molecule has 0 fully saturated rings. The van der Waals surface area contributed by atoms with E-state index in [1.807, 2.05) is 13.0 Å². The van der Waals surface area contributed by atoms with Gasteiger partial charge < -0.3 is 14.2 Å². The van der Waals surface area contributed by atoms with Crippen LogP contribution in [0.1, 0.15) is 29.5 Å². The maximum atomic E-state index is 13.4. The van der Waals surface area contributed by atoms with E-state index in [1.165, 1.54) is 17.1 Å². The lowest BCUT2D eigenvalue weighted by Crippen LogP contribution is -2.32. The van der Waals surface area contributed by atoms with Crippen molar-refractivity contribution >= 4 is 17.3 Å². The Kier molecular flexibility index (Phi) is 4.50. The molecular weight excluding hydrogens is 349 g/mol. The van der Waals surface area contributed by atoms with Crippen LogP contribution in [0.4, 0.5) is 10.1 Å². The summed E-state index contributed by atoms with van der Waals surface area (Å²) in [6, 6.07) is 11.2. The number of halogens is 1. The van der Waals surface area contributed by atoms with Gasteiger partial charge in [0.2, 0.25) is 0 Å². The summed E-state index contributed by atoms with van der Waals surface area (Å²) in [5.41, 5.74) is 2.11. The number of rotatable bonds is 5. The Morgan fingerprint density at radius 2 is 2.07 bits per heavy atom. The SMILES string of the molecule is Cc1ccc(F)cc1NCC(=O)N1N=C(c2ccco2)CC1c1ccco1. The molecule has 1 aliphatic rings. The molecule has 1 aliphatic heterocycles. The fraction of sp³-hybridized carbons (Fsp3) is 0.200. The predicted octanol–water partition coefficient (Wildman–Crippen LogP) is 4.11. The van der Waals surface area contributed by atoms with Crippen molar-refractivity contribution in [3.05, 3.63) is 77.9 Å². The summed E-state index contributed by atoms with van der Waals surface area (Å²) in [5.74, 6) is 0.663. The van der Waals surface area contributed by atoms with Crippen LogP contribution in [0.25, 0.3) is 0 Å². The monoisotopic (exact) mass is 367 g/mol. The topological polar surface area (TPSA) is 71.0 Å². The summed E-state index contributed by atoms with van der Waals surface area (Å²) in [6.07, 6.45) is 3.63. The third-order valence-corrected chi connectivity index (χ3v) is 4.47. The van der Waals surface area contributed by atoms with E-state index in [1.54, 1.807) is 36.8 Å². The first-order valence-corrected chi connectivity index (χ1v) is 8.58. The van der Waals surface area contributed by atoms with E-state index in [-0.39, 0.29) is 24.3 Å². The van der Waals surface area contributed by atoms with Crippen molar-refractivity contribution in [3.8, 4) is 0 Å². The number of nitrogens with zero attached hydrogens (tertiary/aromatic N) is 2. The van der Waals surface area contributed by atoms with Crippen LogP contribution in [-0.4, -0.2) is 23.2 Å². The van der Waals surface area contributed by atoms with Crippen molar-refractivity contribution in [3.63, 3.8) is 0 Å². The molecule has 1 aromatic carbocycles. The van der Waals surface area contributed by atoms with Gasteiger partial charge in [-0.1, -0.05) is 6.07 Å². The van der Waals surface area contributed by atoms with Crippen molar-refractivity contribution in [2.24, 2.45) is 5.10 Å². The predicted molar refractivity (Wildman–Crippen MR) is 97.8 cm³/mol. The van der Waals surface area contributed by atoms with E-state index in [9.17, 15) is 9.18 Å². The van der Waals surface area contributed by atoms with Crippen LogP contribution in [0.5, 0.6) is 0 Å². The highest BCUT2D eigenvalue weighted by molar-refractivity contribution is 6.01. The number of amides is 1. The number of aryl methyl sites for hydroxylation is 1. The zero-order chi connectivity index (χ0) is 18.8. The highest BCUT2D eigenvalue weighted by atomic mass is 19.1. The van der Waals surface area contributed by atoms with Gasteiger partial charge in [0.1, 0.15) is 29.1 Å². The summed E-state index contributed by atoms with van der Waals surface area (Å²) >= 11 is 0. The van der Waals surface area contributed by atoms with Crippen LogP contribution in [0.15, 0.2) is 68.9 Å². The van der Waals surface area contributed by atoms with Crippen molar-refractivity contribution in [2.45, 2.75) is 19.4 Å². The third kappa shape index (κ3) is 3.48. The molecule has 4 rings (SSSR count). The lowest BCUT2D eigenvalue weighted by atomic mass is 10.1. The first-order valence-electron chi connectivity index (χ1n) is 8.58. The molecule has 0 bridgehead atoms. The van der Waals surface area contributed by atoms with Crippen molar-refractivity contribution < 1.29 is 18.0 Å². The first-order chi connectivity index (χ1) is 13.1. The Bertz CT molecular complexity index is 965. The Balaban J connectivity index is 1.54. The van der Waals surface area contributed by atoms with E-state index >= 15 is 0 Å². The van der Waals surface area contributed by atoms with Crippen LogP contribution in [0, 0.1) is 12.7 Å². The summed E-state index contributed by atoms with van der Waals surface area (Å²) in [4.78, 5) is 12.8. The lowest BCUT2D eigenvalue weighted by Gasteiger charge is -2.20. The molecule has 1 atom stereocenters. The van der Waals surface area contributed by atoms with Gasteiger partial charge in [0, 0.05) is 12.1 Å². The number of furan rings is 2. The van der Waals surface area contributed by atoms with Gasteiger partial charge in [0.05, 0.1) is 19.1 Å². The molecule has 1 unspecified atom stereocenters. The molecule has 0 saturated carbocycles. The van der Waals surface area contributed by atoms with E-state index in [0.29, 0.717) is 29.3 Å². The largest absolute Gasteiger partial charge is 0.467 e. The molecule has 138 valence electrons. The number of carbonyl (C=O) groups is 1. The zero-order valence-corrected chi connectivity index (χ0v) is 14.7. The van der Waals surface area contributed by atoms with Gasteiger partial charge in [-0.05, 0) is 48.9 Å². The molecule has 3 aromatic rings. The third-order valence-electron chi connectivity index (χ3n) is 4.47. The van der Waals surface area contributed by atoms with Crippen LogP contribution >= 0.6 is 0 Å². The molecule has 6 nitrogen and oxygen atoms in total. The summed E-state index contributed by atoms with van der Waals surface area (Å²) < 4.78 is 24.4. The van der Waals surface area contributed by atoms with Crippen LogP contribution in [0.3, 0.4) is 0 Å². The Labute approximate surface area is 155 Å². The van der Waals surface area contributed by atoms with Crippen molar-refractivity contribution in [1.82, 2.24) is 5.01 Å². The number of hydrogen-bond donors (Lipinski definition) is 1. The standard InChI is InChI=1S/C20H18FN3O3/c1-13-6-7-14(21)10-15(13)22-12-20(25)24-17(19-5-3-9-27-19)11-16(23-24)18-4-2-8-26-18/h2-10,17,22H,11-12H2,1H3. The van der Waals surface area contributed by atoms with E-state index in [4.69, 9.17) is 8.83 Å². The Morgan fingerprint density at radius 3 is 2.81 bits per heavy atom. The minimum atomic E-state index is -0.358. The minimum absolute atomic E-state index is 0.0174. The number of hydrazone groups is 1. The minimum Gasteiger partial charge on any atom is -0.467 e. The van der Waals surface area contributed by atoms with Crippen LogP contribution in [0.2, 0.25) is 0 Å². The molecule has 0 saturated heterocycles. The number of benzene rings is 1. The van der Waals surface area contributed by atoms with E-state index in [2.05, 4.69) is 10.4 Å². The van der Waals surface area contributed by atoms with Gasteiger partial charge >= 0.3 is 0 Å². The average molecular weight is 367 g/mol. The quantitative estimate of drug-likeness (QED) is 0.737. The number of hydrogen-bond acceptors (Lipinski definition) is 5. The molecule has 0 aliphatic carbocycles. The average Bonchev–Trinajstić information content (AvgIpc) is 3.40. The molecule has 27 heavy (non-hydrogen) atoms. The Morgan fingerprint density at radius 1 is 1.26 bits per heavy atom. The first kappa shape index (κ1) is 17.1. The van der Waals surface area contributed by atoms with E-state index in [0.717, 1.165) is 5.56 Å². The number of carbonyl (C=O) groups excluding carboxylic acids is 1. The summed E-state index contributed by atoms with van der Waals surface area (Å²) in [5, 5.41) is 8.85.